The molecule has 0 radical (unpaired) electrons. The molecule has 4 rings (SSSR count). The first-order chi connectivity index (χ1) is 10.1. The van der Waals surface area contributed by atoms with Gasteiger partial charge in [-0.25, -0.2) is 0 Å². The van der Waals surface area contributed by atoms with Gasteiger partial charge in [0, 0.05) is 18.5 Å². The van der Waals surface area contributed by atoms with E-state index in [2.05, 4.69) is 43.1 Å². The minimum atomic E-state index is -0.0975. The summed E-state index contributed by atoms with van der Waals surface area (Å²) in [4.78, 5) is 15.0. The van der Waals surface area contributed by atoms with Gasteiger partial charge in [0.25, 0.3) is 0 Å². The smallest absolute Gasteiger partial charge is 0.167 e. The minimum Gasteiger partial charge on any atom is -0.489 e. The van der Waals surface area contributed by atoms with Crippen LogP contribution in [0.3, 0.4) is 0 Å². The Bertz CT molecular complexity index is 617. The lowest BCUT2D eigenvalue weighted by molar-refractivity contribution is -0.121. The van der Waals surface area contributed by atoms with Crippen LogP contribution in [0.2, 0.25) is 0 Å². The monoisotopic (exact) mass is 283 g/mol. The van der Waals surface area contributed by atoms with E-state index in [1.54, 1.807) is 0 Å². The van der Waals surface area contributed by atoms with Gasteiger partial charge in [-0.3, -0.25) is 9.69 Å². The van der Waals surface area contributed by atoms with Crippen molar-refractivity contribution in [1.29, 1.82) is 0 Å². The number of Topliss-reactive ketones (excluding diaryl/α,β-unsaturated/α-hetero) is 1. The second-order valence-electron chi connectivity index (χ2n) is 6.60. The Balaban J connectivity index is 1.66. The molecule has 1 aromatic carbocycles. The number of carbonyl (C=O) groups is 1. The van der Waals surface area contributed by atoms with E-state index in [-0.39, 0.29) is 6.10 Å². The number of aryl methyl sites for hydroxylation is 1. The molecule has 3 heteroatoms. The lowest BCUT2D eigenvalue weighted by Gasteiger charge is -2.38. The average molecular weight is 283 g/mol. The number of likely N-dealkylation sites (N-methyl/N-ethyl adjacent to an activating group) is 1. The van der Waals surface area contributed by atoms with Crippen LogP contribution in [-0.2, 0) is 9.53 Å². The van der Waals surface area contributed by atoms with E-state index in [4.69, 9.17) is 4.74 Å². The Morgan fingerprint density at radius 1 is 1.14 bits per heavy atom. The van der Waals surface area contributed by atoms with Gasteiger partial charge < -0.3 is 4.74 Å². The van der Waals surface area contributed by atoms with Crippen LogP contribution in [0.25, 0.3) is 0 Å². The standard InChI is InChI=1S/C18H21NO2/c1-11-3-5-12(6-4-11)16-10-15(20)18-14-8-7-13(19(14)2)9-17(18)21-16/h3-6,13-14,16H,7-10H2,1-2H3/t13-,14?,16+/m1/s1. The quantitative estimate of drug-likeness (QED) is 0.793. The van der Waals surface area contributed by atoms with Gasteiger partial charge in [0.05, 0.1) is 12.0 Å². The molecular formula is C18H21NO2. The van der Waals surface area contributed by atoms with E-state index in [9.17, 15) is 4.79 Å². The van der Waals surface area contributed by atoms with Gasteiger partial charge in [0.1, 0.15) is 11.9 Å². The number of fused-ring (bicyclic) bond motifs is 3. The van der Waals surface area contributed by atoms with Gasteiger partial charge in [-0.05, 0) is 32.4 Å². The molecule has 0 saturated carbocycles. The molecule has 1 aromatic rings. The normalized spacial score (nSPS) is 32.1. The zero-order valence-electron chi connectivity index (χ0n) is 12.6. The topological polar surface area (TPSA) is 29.5 Å². The van der Waals surface area contributed by atoms with Gasteiger partial charge in [-0.15, -0.1) is 0 Å². The first-order valence-electron chi connectivity index (χ1n) is 7.85. The van der Waals surface area contributed by atoms with Crippen molar-refractivity contribution in [3.05, 3.63) is 46.7 Å². The fourth-order valence-electron chi connectivity index (χ4n) is 4.03. The molecule has 110 valence electrons. The predicted octanol–water partition coefficient (Wildman–Crippen LogP) is 3.15. The van der Waals surface area contributed by atoms with E-state index in [0.717, 1.165) is 29.7 Å². The summed E-state index contributed by atoms with van der Waals surface area (Å²) < 4.78 is 6.25. The summed E-state index contributed by atoms with van der Waals surface area (Å²) in [6.45, 7) is 2.08. The summed E-state index contributed by atoms with van der Waals surface area (Å²) in [6, 6.07) is 9.20. The second kappa shape index (κ2) is 4.70. The molecule has 1 unspecified atom stereocenters. The first-order valence-corrected chi connectivity index (χ1v) is 7.85. The summed E-state index contributed by atoms with van der Waals surface area (Å²) in [5.41, 5.74) is 3.32. The molecule has 0 amide bonds. The van der Waals surface area contributed by atoms with Crippen molar-refractivity contribution in [2.24, 2.45) is 0 Å². The van der Waals surface area contributed by atoms with Crippen LogP contribution in [0.1, 0.15) is 42.9 Å². The maximum absolute atomic E-state index is 12.6. The molecule has 0 N–H and O–H groups in total. The van der Waals surface area contributed by atoms with E-state index in [1.165, 1.54) is 12.0 Å². The first kappa shape index (κ1) is 13.1. The summed E-state index contributed by atoms with van der Waals surface area (Å²) in [5, 5.41) is 0. The molecule has 0 spiro atoms. The third kappa shape index (κ3) is 2.03. The number of hydrogen-bond donors (Lipinski definition) is 0. The Labute approximate surface area is 125 Å². The van der Waals surface area contributed by atoms with Crippen LogP contribution in [0, 0.1) is 6.92 Å². The zero-order chi connectivity index (χ0) is 14.6. The summed E-state index contributed by atoms with van der Waals surface area (Å²) in [5.74, 6) is 1.27. The molecule has 0 aliphatic carbocycles. The molecule has 3 heterocycles. The number of nitrogens with zero attached hydrogens (tertiary/aromatic N) is 1. The van der Waals surface area contributed by atoms with Crippen molar-refractivity contribution in [3.8, 4) is 0 Å². The largest absolute Gasteiger partial charge is 0.489 e. The molecule has 1 saturated heterocycles. The molecule has 3 aliphatic heterocycles. The number of hydrogen-bond acceptors (Lipinski definition) is 3. The van der Waals surface area contributed by atoms with Gasteiger partial charge >= 0.3 is 0 Å². The SMILES string of the molecule is Cc1ccc([C@@H]2CC(=O)C3=C(C[C@H]4CCC3N4C)O2)cc1. The minimum absolute atomic E-state index is 0.0975. The summed E-state index contributed by atoms with van der Waals surface area (Å²) in [6.07, 6.45) is 3.57. The second-order valence-corrected chi connectivity index (χ2v) is 6.60. The van der Waals surface area contributed by atoms with Crippen LogP contribution in [0.15, 0.2) is 35.6 Å². The maximum atomic E-state index is 12.6. The fraction of sp³-hybridized carbons (Fsp3) is 0.500. The number of benzene rings is 1. The van der Waals surface area contributed by atoms with Crippen molar-refractivity contribution in [3.63, 3.8) is 0 Å². The molecule has 3 nitrogen and oxygen atoms in total. The summed E-state index contributed by atoms with van der Waals surface area (Å²) >= 11 is 0. The number of ether oxygens (including phenoxy) is 1. The third-order valence-corrected chi connectivity index (χ3v) is 5.30. The van der Waals surface area contributed by atoms with Gasteiger partial charge in [0.2, 0.25) is 0 Å². The molecule has 21 heavy (non-hydrogen) atoms. The zero-order valence-corrected chi connectivity index (χ0v) is 12.6. The average Bonchev–Trinajstić information content (AvgIpc) is 2.71. The van der Waals surface area contributed by atoms with Crippen LogP contribution < -0.4 is 0 Å². The van der Waals surface area contributed by atoms with E-state index < -0.39 is 0 Å². The van der Waals surface area contributed by atoms with E-state index in [1.807, 2.05) is 0 Å². The Kier molecular flexibility index (Phi) is 2.93. The Hall–Kier alpha value is -1.61. The van der Waals surface area contributed by atoms with Crippen LogP contribution in [0.5, 0.6) is 0 Å². The molecule has 0 aromatic heterocycles. The number of ketones is 1. The highest BCUT2D eigenvalue weighted by atomic mass is 16.5. The fourth-order valence-corrected chi connectivity index (χ4v) is 4.03. The Morgan fingerprint density at radius 2 is 1.90 bits per heavy atom. The van der Waals surface area contributed by atoms with Crippen molar-refractivity contribution < 1.29 is 9.53 Å². The lowest BCUT2D eigenvalue weighted by atomic mass is 9.89. The van der Waals surface area contributed by atoms with E-state index >= 15 is 0 Å². The lowest BCUT2D eigenvalue weighted by Crippen LogP contribution is -2.42. The highest BCUT2D eigenvalue weighted by molar-refractivity contribution is 5.98. The molecule has 2 bridgehead atoms. The number of carbonyl (C=O) groups excluding carboxylic acids is 1. The predicted molar refractivity (Wildman–Crippen MR) is 80.8 cm³/mol. The third-order valence-electron chi connectivity index (χ3n) is 5.30. The molecule has 3 atom stereocenters. The summed E-state index contributed by atoms with van der Waals surface area (Å²) in [7, 11) is 2.14. The highest BCUT2D eigenvalue weighted by Crippen LogP contribution is 2.44. The number of rotatable bonds is 1. The molecular weight excluding hydrogens is 262 g/mol. The van der Waals surface area contributed by atoms with Gasteiger partial charge in [0.15, 0.2) is 5.78 Å². The maximum Gasteiger partial charge on any atom is 0.167 e. The van der Waals surface area contributed by atoms with Crippen LogP contribution >= 0.6 is 0 Å². The highest BCUT2D eigenvalue weighted by Gasteiger charge is 2.45. The molecule has 1 fully saturated rings. The van der Waals surface area contributed by atoms with Crippen molar-refractivity contribution in [2.75, 3.05) is 7.05 Å². The van der Waals surface area contributed by atoms with Crippen LogP contribution in [0.4, 0.5) is 0 Å². The Morgan fingerprint density at radius 3 is 2.67 bits per heavy atom. The van der Waals surface area contributed by atoms with Crippen molar-refractivity contribution >= 4 is 5.78 Å². The van der Waals surface area contributed by atoms with Crippen molar-refractivity contribution in [2.45, 2.75) is 50.8 Å². The molecule has 3 aliphatic rings. The van der Waals surface area contributed by atoms with Crippen molar-refractivity contribution in [1.82, 2.24) is 4.90 Å². The van der Waals surface area contributed by atoms with E-state index in [0.29, 0.717) is 24.3 Å². The van der Waals surface area contributed by atoms with Crippen LogP contribution in [-0.4, -0.2) is 29.8 Å². The van der Waals surface area contributed by atoms with Gasteiger partial charge in [-0.2, -0.15) is 0 Å². The van der Waals surface area contributed by atoms with Gasteiger partial charge in [-0.1, -0.05) is 29.8 Å².